The summed E-state index contributed by atoms with van der Waals surface area (Å²) in [6.45, 7) is 2.99. The maximum atomic E-state index is 9.37. The molecule has 0 spiro atoms. The van der Waals surface area contributed by atoms with E-state index in [-0.39, 0.29) is 0 Å². The summed E-state index contributed by atoms with van der Waals surface area (Å²) in [5, 5.41) is 9.37. The van der Waals surface area contributed by atoms with Gasteiger partial charge in [0.15, 0.2) is 0 Å². The monoisotopic (exact) mass is 237 g/mol. The molecule has 3 heteroatoms. The van der Waals surface area contributed by atoms with E-state index in [4.69, 9.17) is 0 Å². The van der Waals surface area contributed by atoms with Crippen molar-refractivity contribution < 1.29 is 0 Å². The first-order valence-corrected chi connectivity index (χ1v) is 6.36. The van der Waals surface area contributed by atoms with Gasteiger partial charge < -0.3 is 4.57 Å². The molecule has 0 aliphatic carbocycles. The van der Waals surface area contributed by atoms with Gasteiger partial charge in [0.25, 0.3) is 0 Å². The third kappa shape index (κ3) is 1.70. The SMILES string of the molecule is Cc1ccc(-c2nc3n(c2C#N)CCCC3)cc1. The van der Waals surface area contributed by atoms with Crippen LogP contribution < -0.4 is 0 Å². The van der Waals surface area contributed by atoms with E-state index in [2.05, 4.69) is 34.7 Å². The van der Waals surface area contributed by atoms with Crippen molar-refractivity contribution in [1.29, 1.82) is 5.26 Å². The second kappa shape index (κ2) is 4.30. The van der Waals surface area contributed by atoms with Crippen molar-refractivity contribution in [2.24, 2.45) is 0 Å². The lowest BCUT2D eigenvalue weighted by atomic mass is 10.1. The summed E-state index contributed by atoms with van der Waals surface area (Å²) in [6.07, 6.45) is 3.31. The summed E-state index contributed by atoms with van der Waals surface area (Å²) in [4.78, 5) is 4.66. The lowest BCUT2D eigenvalue weighted by Crippen LogP contribution is -2.11. The van der Waals surface area contributed by atoms with E-state index in [1.54, 1.807) is 0 Å². The number of benzene rings is 1. The molecule has 18 heavy (non-hydrogen) atoms. The summed E-state index contributed by atoms with van der Waals surface area (Å²) in [5.74, 6) is 1.06. The van der Waals surface area contributed by atoms with Crippen LogP contribution in [0.5, 0.6) is 0 Å². The minimum absolute atomic E-state index is 0.716. The quantitative estimate of drug-likeness (QED) is 0.764. The molecule has 1 aliphatic rings. The normalized spacial score (nSPS) is 14.0. The van der Waals surface area contributed by atoms with Crippen LogP contribution in [-0.2, 0) is 13.0 Å². The third-order valence-corrected chi connectivity index (χ3v) is 3.51. The van der Waals surface area contributed by atoms with Crippen molar-refractivity contribution in [3.05, 3.63) is 41.3 Å². The van der Waals surface area contributed by atoms with Gasteiger partial charge in [-0.2, -0.15) is 5.26 Å². The van der Waals surface area contributed by atoms with Gasteiger partial charge in [-0.15, -0.1) is 0 Å². The summed E-state index contributed by atoms with van der Waals surface area (Å²) < 4.78 is 2.08. The van der Waals surface area contributed by atoms with Crippen LogP contribution in [0, 0.1) is 18.3 Å². The highest BCUT2D eigenvalue weighted by Gasteiger charge is 2.20. The zero-order valence-electron chi connectivity index (χ0n) is 10.5. The first-order chi connectivity index (χ1) is 8.79. The molecule has 0 unspecified atom stereocenters. The molecule has 2 heterocycles. The predicted molar refractivity (Wildman–Crippen MR) is 70.1 cm³/mol. The molecule has 1 aromatic carbocycles. The number of nitrogens with zero attached hydrogens (tertiary/aromatic N) is 3. The highest BCUT2D eigenvalue weighted by atomic mass is 15.1. The lowest BCUT2D eigenvalue weighted by molar-refractivity contribution is 0.519. The molecular weight excluding hydrogens is 222 g/mol. The van der Waals surface area contributed by atoms with Gasteiger partial charge in [-0.05, 0) is 19.8 Å². The Bertz CT molecular complexity index is 614. The van der Waals surface area contributed by atoms with E-state index in [1.165, 1.54) is 12.0 Å². The van der Waals surface area contributed by atoms with Crippen LogP contribution in [0.1, 0.15) is 29.9 Å². The predicted octanol–water partition coefficient (Wildman–Crippen LogP) is 3.07. The Morgan fingerprint density at radius 2 is 2.00 bits per heavy atom. The summed E-state index contributed by atoms with van der Waals surface area (Å²) >= 11 is 0. The number of hydrogen-bond acceptors (Lipinski definition) is 2. The number of rotatable bonds is 1. The zero-order valence-corrected chi connectivity index (χ0v) is 10.5. The number of fused-ring (bicyclic) bond motifs is 1. The molecule has 0 radical (unpaired) electrons. The van der Waals surface area contributed by atoms with E-state index in [0.717, 1.165) is 36.5 Å². The summed E-state index contributed by atoms with van der Waals surface area (Å²) in [6, 6.07) is 10.5. The molecule has 0 fully saturated rings. The fourth-order valence-electron chi connectivity index (χ4n) is 2.51. The zero-order chi connectivity index (χ0) is 12.5. The van der Waals surface area contributed by atoms with Crippen LogP contribution in [0.4, 0.5) is 0 Å². The van der Waals surface area contributed by atoms with Crippen LogP contribution in [0.15, 0.2) is 24.3 Å². The van der Waals surface area contributed by atoms with Crippen LogP contribution in [0.2, 0.25) is 0 Å². The average Bonchev–Trinajstić information content (AvgIpc) is 2.78. The average molecular weight is 237 g/mol. The Hall–Kier alpha value is -2.08. The molecule has 1 aromatic heterocycles. The van der Waals surface area contributed by atoms with E-state index >= 15 is 0 Å². The highest BCUT2D eigenvalue weighted by Crippen LogP contribution is 2.27. The van der Waals surface area contributed by atoms with E-state index in [9.17, 15) is 5.26 Å². The minimum Gasteiger partial charge on any atom is -0.319 e. The second-order valence-corrected chi connectivity index (χ2v) is 4.81. The molecule has 0 bridgehead atoms. The van der Waals surface area contributed by atoms with Gasteiger partial charge in [0.05, 0.1) is 0 Å². The second-order valence-electron chi connectivity index (χ2n) is 4.81. The molecular formula is C15H15N3. The Kier molecular flexibility index (Phi) is 2.64. The van der Waals surface area contributed by atoms with Gasteiger partial charge in [-0.3, -0.25) is 0 Å². The summed E-state index contributed by atoms with van der Waals surface area (Å²) in [5.41, 5.74) is 3.82. The van der Waals surface area contributed by atoms with Gasteiger partial charge in [0, 0.05) is 18.5 Å². The number of hydrogen-bond donors (Lipinski definition) is 0. The van der Waals surface area contributed by atoms with Crippen LogP contribution in [0.25, 0.3) is 11.3 Å². The van der Waals surface area contributed by atoms with Crippen LogP contribution >= 0.6 is 0 Å². The van der Waals surface area contributed by atoms with E-state index in [1.807, 2.05) is 12.1 Å². The fraction of sp³-hybridized carbons (Fsp3) is 0.333. The van der Waals surface area contributed by atoms with Crippen molar-refractivity contribution in [2.45, 2.75) is 32.7 Å². The van der Waals surface area contributed by atoms with E-state index in [0.29, 0.717) is 5.69 Å². The third-order valence-electron chi connectivity index (χ3n) is 3.51. The highest BCUT2D eigenvalue weighted by molar-refractivity contribution is 5.66. The largest absolute Gasteiger partial charge is 0.319 e. The van der Waals surface area contributed by atoms with Gasteiger partial charge in [-0.1, -0.05) is 29.8 Å². The molecule has 0 N–H and O–H groups in total. The summed E-state index contributed by atoms with van der Waals surface area (Å²) in [7, 11) is 0. The van der Waals surface area contributed by atoms with Crippen molar-refractivity contribution in [2.75, 3.05) is 0 Å². The molecule has 0 atom stereocenters. The Labute approximate surface area is 107 Å². The van der Waals surface area contributed by atoms with Crippen LogP contribution in [0.3, 0.4) is 0 Å². The van der Waals surface area contributed by atoms with Gasteiger partial charge in [0.2, 0.25) is 0 Å². The topological polar surface area (TPSA) is 41.6 Å². The number of aromatic nitrogens is 2. The Balaban J connectivity index is 2.15. The molecule has 0 amide bonds. The molecule has 2 aromatic rings. The van der Waals surface area contributed by atoms with Gasteiger partial charge >= 0.3 is 0 Å². The number of nitriles is 1. The molecule has 3 rings (SSSR count). The van der Waals surface area contributed by atoms with Gasteiger partial charge in [0.1, 0.15) is 23.3 Å². The van der Waals surface area contributed by atoms with Crippen molar-refractivity contribution >= 4 is 0 Å². The van der Waals surface area contributed by atoms with Crippen molar-refractivity contribution in [1.82, 2.24) is 9.55 Å². The number of aryl methyl sites for hydroxylation is 2. The Morgan fingerprint density at radius 1 is 1.22 bits per heavy atom. The molecule has 0 saturated heterocycles. The van der Waals surface area contributed by atoms with Crippen molar-refractivity contribution in [3.63, 3.8) is 0 Å². The molecule has 90 valence electrons. The maximum Gasteiger partial charge on any atom is 0.148 e. The standard InChI is InChI=1S/C15H15N3/c1-11-5-7-12(8-6-11)15-13(10-16)18-9-3-2-4-14(18)17-15/h5-8H,2-4,9H2,1H3. The minimum atomic E-state index is 0.716. The first kappa shape index (κ1) is 11.0. The van der Waals surface area contributed by atoms with E-state index < -0.39 is 0 Å². The lowest BCUT2D eigenvalue weighted by Gasteiger charge is -2.13. The molecule has 0 saturated carbocycles. The fourth-order valence-corrected chi connectivity index (χ4v) is 2.51. The van der Waals surface area contributed by atoms with Crippen molar-refractivity contribution in [3.8, 4) is 17.3 Å². The molecule has 1 aliphatic heterocycles. The van der Waals surface area contributed by atoms with Crippen LogP contribution in [-0.4, -0.2) is 9.55 Å². The Morgan fingerprint density at radius 3 is 2.72 bits per heavy atom. The van der Waals surface area contributed by atoms with Gasteiger partial charge in [-0.25, -0.2) is 4.98 Å². The maximum absolute atomic E-state index is 9.37. The smallest absolute Gasteiger partial charge is 0.148 e. The number of imidazole rings is 1. The first-order valence-electron chi connectivity index (χ1n) is 6.36. The molecule has 3 nitrogen and oxygen atoms in total.